The predicted octanol–water partition coefficient (Wildman–Crippen LogP) is 6.29. The summed E-state index contributed by atoms with van der Waals surface area (Å²) in [4.78, 5) is 7.53. The molecule has 2 unspecified atom stereocenters. The second-order valence-corrected chi connectivity index (χ2v) is 9.54. The molecule has 5 heteroatoms. The van der Waals surface area contributed by atoms with Gasteiger partial charge in [-0.2, -0.15) is 0 Å². The molecule has 0 amide bonds. The Morgan fingerprint density at radius 2 is 1.91 bits per heavy atom. The summed E-state index contributed by atoms with van der Waals surface area (Å²) in [6, 6.07) is 17.2. The molecule has 4 nitrogen and oxygen atoms in total. The van der Waals surface area contributed by atoms with Gasteiger partial charge < -0.3 is 15.5 Å². The fraction of sp³-hybridized carbons (Fsp3) is 0.414. The molecule has 2 aliphatic rings. The maximum absolute atomic E-state index is 6.35. The quantitative estimate of drug-likeness (QED) is 0.410. The lowest BCUT2D eigenvalue weighted by atomic mass is 9.87. The van der Waals surface area contributed by atoms with E-state index in [1.54, 1.807) is 0 Å². The highest BCUT2D eigenvalue weighted by atomic mass is 35.5. The number of benzene rings is 2. The van der Waals surface area contributed by atoms with Crippen molar-refractivity contribution in [2.24, 2.45) is 11.8 Å². The number of nitrogens with zero attached hydrogens (tertiary/aromatic N) is 2. The predicted molar refractivity (Wildman–Crippen MR) is 147 cm³/mol. The summed E-state index contributed by atoms with van der Waals surface area (Å²) in [7, 11) is 2.00. The lowest BCUT2D eigenvalue weighted by Crippen LogP contribution is -2.33. The van der Waals surface area contributed by atoms with Crippen molar-refractivity contribution >= 4 is 28.2 Å². The van der Waals surface area contributed by atoms with Crippen molar-refractivity contribution in [3.8, 4) is 11.3 Å². The molecule has 2 fully saturated rings. The van der Waals surface area contributed by atoms with E-state index in [1.165, 1.54) is 28.8 Å². The summed E-state index contributed by atoms with van der Waals surface area (Å²) in [5.74, 6) is 1.18. The van der Waals surface area contributed by atoms with Crippen LogP contribution in [0, 0.1) is 11.8 Å². The highest BCUT2D eigenvalue weighted by molar-refractivity contribution is 6.31. The van der Waals surface area contributed by atoms with Crippen molar-refractivity contribution in [3.05, 3.63) is 71.4 Å². The van der Waals surface area contributed by atoms with Crippen molar-refractivity contribution in [1.82, 2.24) is 15.6 Å². The van der Waals surface area contributed by atoms with Gasteiger partial charge >= 0.3 is 0 Å². The normalized spacial score (nSPS) is 19.4. The Balaban J connectivity index is 0.00000133. The summed E-state index contributed by atoms with van der Waals surface area (Å²) in [5.41, 5.74) is 6.91. The number of aryl methyl sites for hydroxylation is 1. The molecular weight excluding hydrogens is 440 g/mol. The van der Waals surface area contributed by atoms with Crippen molar-refractivity contribution in [2.75, 3.05) is 38.1 Å². The van der Waals surface area contributed by atoms with E-state index in [0.717, 1.165) is 60.8 Å². The standard InChI is InChI=1S/C27H31ClN4.C2H6/c1-18-24-17-32(16-21(24)11-13-30-18)27-15-25(31-26-14-22(28)9-10-23(26)27)20-7-5-19(6-8-20)4-3-12-29-2;1-2/h5-10,14-15,21,24,29-30H,1,3-4,11-13,16-17H2,2H3;1-2H3. The topological polar surface area (TPSA) is 40.2 Å². The summed E-state index contributed by atoms with van der Waals surface area (Å²) in [6.07, 6.45) is 3.43. The average molecular weight is 477 g/mol. The van der Waals surface area contributed by atoms with Crippen LogP contribution in [0.4, 0.5) is 5.69 Å². The molecule has 1 aromatic heterocycles. The van der Waals surface area contributed by atoms with Crippen molar-refractivity contribution in [2.45, 2.75) is 33.1 Å². The van der Waals surface area contributed by atoms with Crippen molar-refractivity contribution in [1.29, 1.82) is 0 Å². The van der Waals surface area contributed by atoms with Gasteiger partial charge in [-0.25, -0.2) is 4.98 Å². The zero-order chi connectivity index (χ0) is 24.1. The third-order valence-corrected chi connectivity index (χ3v) is 7.22. The Bertz CT molecular complexity index is 1120. The first-order valence-corrected chi connectivity index (χ1v) is 13.0. The number of nitrogens with one attached hydrogen (secondary N) is 2. The minimum atomic E-state index is 0.514. The van der Waals surface area contributed by atoms with Gasteiger partial charge in [-0.1, -0.05) is 56.3 Å². The summed E-state index contributed by atoms with van der Waals surface area (Å²) < 4.78 is 0. The zero-order valence-corrected chi connectivity index (χ0v) is 21.5. The Morgan fingerprint density at radius 1 is 1.12 bits per heavy atom. The summed E-state index contributed by atoms with van der Waals surface area (Å²) in [6.45, 7) is 12.4. The molecule has 2 saturated heterocycles. The highest BCUT2D eigenvalue weighted by Crippen LogP contribution is 2.39. The molecule has 0 spiro atoms. The van der Waals surface area contributed by atoms with Crippen molar-refractivity contribution < 1.29 is 0 Å². The van der Waals surface area contributed by atoms with E-state index in [0.29, 0.717) is 11.8 Å². The van der Waals surface area contributed by atoms with E-state index in [4.69, 9.17) is 16.6 Å². The first-order valence-electron chi connectivity index (χ1n) is 12.6. The number of halogens is 1. The molecule has 34 heavy (non-hydrogen) atoms. The Labute approximate surface area is 209 Å². The van der Waals surface area contributed by atoms with Gasteiger partial charge in [0.1, 0.15) is 0 Å². The summed E-state index contributed by atoms with van der Waals surface area (Å²) in [5, 5.41) is 8.58. The lowest BCUT2D eigenvalue weighted by Gasteiger charge is -2.27. The van der Waals surface area contributed by atoms with Gasteiger partial charge in [0.15, 0.2) is 0 Å². The number of anilines is 1. The Kier molecular flexibility index (Phi) is 8.12. The number of pyridine rings is 1. The third-order valence-electron chi connectivity index (χ3n) is 6.99. The molecule has 180 valence electrons. The first-order chi connectivity index (χ1) is 16.6. The monoisotopic (exact) mass is 476 g/mol. The van der Waals surface area contributed by atoms with E-state index < -0.39 is 0 Å². The molecule has 2 atom stereocenters. The SMILES string of the molecule is C=C1NCCC2CN(c3cc(-c4ccc(CCCNC)cc4)nc4cc(Cl)ccc34)CC12.CC. The number of rotatable bonds is 6. The second-order valence-electron chi connectivity index (χ2n) is 9.10. The maximum atomic E-state index is 6.35. The van der Waals surface area contributed by atoms with Gasteiger partial charge in [0.2, 0.25) is 0 Å². The molecule has 0 radical (unpaired) electrons. The van der Waals surface area contributed by atoms with E-state index in [2.05, 4.69) is 58.5 Å². The molecule has 2 N–H and O–H groups in total. The van der Waals surface area contributed by atoms with E-state index in [1.807, 2.05) is 33.0 Å². The minimum Gasteiger partial charge on any atom is -0.389 e. The second kappa shape index (κ2) is 11.2. The number of aromatic nitrogens is 1. The van der Waals surface area contributed by atoms with Gasteiger partial charge in [-0.3, -0.25) is 0 Å². The zero-order valence-electron chi connectivity index (χ0n) is 20.7. The van der Waals surface area contributed by atoms with Gasteiger partial charge in [-0.15, -0.1) is 0 Å². The molecular formula is C29H37ClN4. The van der Waals surface area contributed by atoms with Crippen LogP contribution in [0.2, 0.25) is 5.02 Å². The smallest absolute Gasteiger partial charge is 0.0745 e. The van der Waals surface area contributed by atoms with Gasteiger partial charge in [0.05, 0.1) is 11.2 Å². The van der Waals surface area contributed by atoms with Crippen LogP contribution in [-0.2, 0) is 6.42 Å². The minimum absolute atomic E-state index is 0.514. The largest absolute Gasteiger partial charge is 0.389 e. The van der Waals surface area contributed by atoms with Crippen molar-refractivity contribution in [3.63, 3.8) is 0 Å². The van der Waals surface area contributed by atoms with Crippen LogP contribution < -0.4 is 15.5 Å². The lowest BCUT2D eigenvalue weighted by molar-refractivity contribution is 0.372. The van der Waals surface area contributed by atoms with Crippen LogP contribution in [-0.4, -0.2) is 38.2 Å². The fourth-order valence-corrected chi connectivity index (χ4v) is 5.37. The van der Waals surface area contributed by atoms with Crippen LogP contribution in [0.1, 0.15) is 32.3 Å². The molecule has 5 rings (SSSR count). The van der Waals surface area contributed by atoms with E-state index in [-0.39, 0.29) is 0 Å². The fourth-order valence-electron chi connectivity index (χ4n) is 5.21. The third kappa shape index (κ3) is 5.24. The molecule has 0 saturated carbocycles. The molecule has 3 aromatic rings. The van der Waals surface area contributed by atoms with Gasteiger partial charge in [0, 0.05) is 52.9 Å². The molecule has 0 aliphatic carbocycles. The van der Waals surface area contributed by atoms with Crippen LogP contribution in [0.25, 0.3) is 22.2 Å². The van der Waals surface area contributed by atoms with Gasteiger partial charge in [0.25, 0.3) is 0 Å². The Morgan fingerprint density at radius 3 is 2.65 bits per heavy atom. The van der Waals surface area contributed by atoms with Gasteiger partial charge in [-0.05, 0) is 68.6 Å². The molecule has 2 aliphatic heterocycles. The first kappa shape index (κ1) is 24.6. The molecule has 0 bridgehead atoms. The Hall–Kier alpha value is -2.56. The molecule has 2 aromatic carbocycles. The average Bonchev–Trinajstić information content (AvgIpc) is 3.31. The van der Waals surface area contributed by atoms with Crippen LogP contribution in [0.5, 0.6) is 0 Å². The molecule has 3 heterocycles. The number of hydrogen-bond donors (Lipinski definition) is 2. The maximum Gasteiger partial charge on any atom is 0.0745 e. The van der Waals surface area contributed by atoms with E-state index in [9.17, 15) is 0 Å². The van der Waals surface area contributed by atoms with E-state index >= 15 is 0 Å². The number of piperidine rings is 1. The van der Waals surface area contributed by atoms with Crippen LogP contribution in [0.3, 0.4) is 0 Å². The van der Waals surface area contributed by atoms with Crippen LogP contribution >= 0.6 is 11.6 Å². The number of hydrogen-bond acceptors (Lipinski definition) is 4. The highest BCUT2D eigenvalue weighted by Gasteiger charge is 2.37. The summed E-state index contributed by atoms with van der Waals surface area (Å²) >= 11 is 6.35. The van der Waals surface area contributed by atoms with Crippen LogP contribution in [0.15, 0.2) is 60.8 Å². The number of fused-ring (bicyclic) bond motifs is 2.